The predicted molar refractivity (Wildman–Crippen MR) is 80.0 cm³/mol. The highest BCUT2D eigenvalue weighted by Gasteiger charge is 2.32. The lowest BCUT2D eigenvalue weighted by molar-refractivity contribution is -0.143. The van der Waals surface area contributed by atoms with Crippen LogP contribution in [-0.2, 0) is 4.79 Å². The first-order chi connectivity index (χ1) is 9.61. The Labute approximate surface area is 124 Å². The van der Waals surface area contributed by atoms with Crippen LogP contribution < -0.4 is 5.32 Å². The molecule has 0 spiro atoms. The van der Waals surface area contributed by atoms with Gasteiger partial charge in [-0.3, -0.25) is 4.79 Å². The number of aliphatic carboxylic acids is 1. The summed E-state index contributed by atoms with van der Waals surface area (Å²) < 4.78 is 0. The van der Waals surface area contributed by atoms with Gasteiger partial charge in [0.25, 0.3) is 0 Å². The van der Waals surface area contributed by atoms with Crippen LogP contribution in [0.1, 0.15) is 39.0 Å². The molecule has 1 saturated heterocycles. The molecule has 1 saturated carbocycles. The van der Waals surface area contributed by atoms with Crippen LogP contribution in [0.4, 0.5) is 4.79 Å². The molecule has 114 valence electrons. The maximum atomic E-state index is 12.3. The molecular weight excluding hydrogens is 276 g/mol. The van der Waals surface area contributed by atoms with E-state index >= 15 is 0 Å². The third kappa shape index (κ3) is 3.81. The van der Waals surface area contributed by atoms with E-state index < -0.39 is 11.9 Å². The van der Waals surface area contributed by atoms with E-state index in [4.69, 9.17) is 5.11 Å². The molecule has 2 rings (SSSR count). The second-order valence-electron chi connectivity index (χ2n) is 5.60. The minimum Gasteiger partial charge on any atom is -0.481 e. The monoisotopic (exact) mass is 300 g/mol. The molecule has 0 aromatic carbocycles. The first-order valence-electron chi connectivity index (χ1n) is 7.51. The van der Waals surface area contributed by atoms with E-state index in [0.717, 1.165) is 18.6 Å². The fraction of sp³-hybridized carbons (Fsp3) is 0.857. The summed E-state index contributed by atoms with van der Waals surface area (Å²) in [5.41, 5.74) is 0. The molecule has 6 heteroatoms. The van der Waals surface area contributed by atoms with Crippen LogP contribution in [0.15, 0.2) is 0 Å². The van der Waals surface area contributed by atoms with Gasteiger partial charge in [-0.15, -0.1) is 0 Å². The van der Waals surface area contributed by atoms with E-state index in [2.05, 4.69) is 12.2 Å². The fourth-order valence-electron chi connectivity index (χ4n) is 3.12. The quantitative estimate of drug-likeness (QED) is 0.835. The minimum atomic E-state index is -0.789. The maximum absolute atomic E-state index is 12.3. The van der Waals surface area contributed by atoms with Gasteiger partial charge in [-0.2, -0.15) is 11.8 Å². The Morgan fingerprint density at radius 2 is 2.10 bits per heavy atom. The molecule has 0 radical (unpaired) electrons. The first kappa shape index (κ1) is 15.5. The highest BCUT2D eigenvalue weighted by Crippen LogP contribution is 2.30. The van der Waals surface area contributed by atoms with E-state index in [1.165, 1.54) is 12.8 Å². The van der Waals surface area contributed by atoms with Crippen molar-refractivity contribution in [3.8, 4) is 0 Å². The number of carboxylic acid groups (broad SMARTS) is 1. The van der Waals surface area contributed by atoms with Crippen LogP contribution in [0, 0.1) is 5.92 Å². The Kier molecular flexibility index (Phi) is 5.57. The molecule has 2 aliphatic rings. The molecule has 0 aromatic heterocycles. The van der Waals surface area contributed by atoms with Gasteiger partial charge >= 0.3 is 12.0 Å². The van der Waals surface area contributed by atoms with Crippen molar-refractivity contribution < 1.29 is 14.7 Å². The van der Waals surface area contributed by atoms with Gasteiger partial charge in [0.2, 0.25) is 0 Å². The van der Waals surface area contributed by atoms with Gasteiger partial charge in [-0.25, -0.2) is 4.79 Å². The van der Waals surface area contributed by atoms with E-state index in [1.807, 2.05) is 11.8 Å². The lowest BCUT2D eigenvalue weighted by Gasteiger charge is -2.32. The topological polar surface area (TPSA) is 69.6 Å². The highest BCUT2D eigenvalue weighted by atomic mass is 32.2. The molecule has 1 heterocycles. The number of thioether (sulfide) groups is 1. The normalized spacial score (nSPS) is 30.2. The van der Waals surface area contributed by atoms with Crippen LogP contribution in [0.3, 0.4) is 0 Å². The summed E-state index contributed by atoms with van der Waals surface area (Å²) in [5, 5.41) is 12.7. The van der Waals surface area contributed by atoms with Gasteiger partial charge in [0.1, 0.15) is 0 Å². The largest absolute Gasteiger partial charge is 0.481 e. The van der Waals surface area contributed by atoms with E-state index in [9.17, 15) is 9.59 Å². The van der Waals surface area contributed by atoms with Gasteiger partial charge < -0.3 is 15.3 Å². The molecule has 3 atom stereocenters. The zero-order valence-corrected chi connectivity index (χ0v) is 12.8. The summed E-state index contributed by atoms with van der Waals surface area (Å²) in [6.07, 6.45) is 4.83. The Balaban J connectivity index is 1.86. The number of carboxylic acids is 1. The van der Waals surface area contributed by atoms with Crippen molar-refractivity contribution in [1.82, 2.24) is 10.2 Å². The van der Waals surface area contributed by atoms with Gasteiger partial charge in [0, 0.05) is 24.4 Å². The van der Waals surface area contributed by atoms with Crippen molar-refractivity contribution in [2.45, 2.75) is 50.3 Å². The Bertz CT molecular complexity index is 364. The van der Waals surface area contributed by atoms with Crippen LogP contribution in [-0.4, -0.2) is 52.1 Å². The molecule has 3 unspecified atom stereocenters. The molecule has 2 fully saturated rings. The first-order valence-corrected chi connectivity index (χ1v) is 8.56. The van der Waals surface area contributed by atoms with Crippen LogP contribution in [0.25, 0.3) is 0 Å². The molecule has 0 aromatic rings. The molecule has 5 nitrogen and oxygen atoms in total. The zero-order chi connectivity index (χ0) is 14.5. The smallest absolute Gasteiger partial charge is 0.317 e. The van der Waals surface area contributed by atoms with Crippen molar-refractivity contribution in [3.05, 3.63) is 0 Å². The Hall–Kier alpha value is -0.910. The summed E-state index contributed by atoms with van der Waals surface area (Å²) in [5.74, 6) is -0.122. The third-order valence-corrected chi connectivity index (χ3v) is 5.53. The number of nitrogens with one attached hydrogen (secondary N) is 1. The van der Waals surface area contributed by atoms with Gasteiger partial charge in [0.15, 0.2) is 0 Å². The van der Waals surface area contributed by atoms with Gasteiger partial charge in [-0.1, -0.05) is 13.3 Å². The van der Waals surface area contributed by atoms with Crippen molar-refractivity contribution in [3.63, 3.8) is 0 Å². The highest BCUT2D eigenvalue weighted by molar-refractivity contribution is 7.99. The zero-order valence-electron chi connectivity index (χ0n) is 12.0. The number of nitrogens with zero attached hydrogens (tertiary/aromatic N) is 1. The number of carbonyl (C=O) groups excluding carboxylic acids is 1. The number of rotatable bonds is 4. The molecule has 20 heavy (non-hydrogen) atoms. The van der Waals surface area contributed by atoms with Crippen molar-refractivity contribution in [2.75, 3.05) is 18.8 Å². The van der Waals surface area contributed by atoms with Crippen molar-refractivity contribution in [1.29, 1.82) is 0 Å². The summed E-state index contributed by atoms with van der Waals surface area (Å²) in [6.45, 7) is 3.16. The summed E-state index contributed by atoms with van der Waals surface area (Å²) >= 11 is 1.91. The number of carbonyl (C=O) groups is 2. The van der Waals surface area contributed by atoms with E-state index in [1.54, 1.807) is 4.90 Å². The second kappa shape index (κ2) is 7.20. The number of likely N-dealkylation sites (tertiary alicyclic amines) is 1. The standard InChI is InChI=1S/C14H24N2O3S/c1-2-20-12-7-3-6-11(12)15-14(19)16-8-4-5-10(9-16)13(17)18/h10-12H,2-9H2,1H3,(H,15,19)(H,17,18). The maximum Gasteiger partial charge on any atom is 0.317 e. The minimum absolute atomic E-state index is 0.0791. The lowest BCUT2D eigenvalue weighted by atomic mass is 9.99. The number of hydrogen-bond acceptors (Lipinski definition) is 3. The Morgan fingerprint density at radius 3 is 2.80 bits per heavy atom. The second-order valence-corrected chi connectivity index (χ2v) is 7.12. The van der Waals surface area contributed by atoms with Crippen LogP contribution in [0.5, 0.6) is 0 Å². The van der Waals surface area contributed by atoms with Gasteiger partial charge in [-0.05, 0) is 31.4 Å². The molecule has 1 aliphatic carbocycles. The van der Waals surface area contributed by atoms with Crippen molar-refractivity contribution in [2.24, 2.45) is 5.92 Å². The molecule has 1 aliphatic heterocycles. The average molecular weight is 300 g/mol. The molecule has 2 N–H and O–H groups in total. The number of amides is 2. The third-order valence-electron chi connectivity index (χ3n) is 4.20. The average Bonchev–Trinajstić information content (AvgIpc) is 2.86. The SMILES string of the molecule is CCSC1CCCC1NC(=O)N1CCCC(C(=O)O)C1. The number of urea groups is 1. The molecular formula is C14H24N2O3S. The van der Waals surface area contributed by atoms with Crippen LogP contribution >= 0.6 is 11.8 Å². The summed E-state index contributed by atoms with van der Waals surface area (Å²) in [7, 11) is 0. The fourth-order valence-corrected chi connectivity index (χ4v) is 4.32. The Morgan fingerprint density at radius 1 is 1.30 bits per heavy atom. The molecule has 0 bridgehead atoms. The van der Waals surface area contributed by atoms with Crippen LogP contribution in [0.2, 0.25) is 0 Å². The van der Waals surface area contributed by atoms with E-state index in [-0.39, 0.29) is 12.1 Å². The van der Waals surface area contributed by atoms with Crippen molar-refractivity contribution >= 4 is 23.8 Å². The number of hydrogen-bond donors (Lipinski definition) is 2. The van der Waals surface area contributed by atoms with Gasteiger partial charge in [0.05, 0.1) is 5.92 Å². The summed E-state index contributed by atoms with van der Waals surface area (Å²) in [6, 6.07) is 0.169. The lowest BCUT2D eigenvalue weighted by Crippen LogP contribution is -2.51. The summed E-state index contributed by atoms with van der Waals surface area (Å²) in [4.78, 5) is 25.0. The number of piperidine rings is 1. The van der Waals surface area contributed by atoms with E-state index in [0.29, 0.717) is 24.8 Å². The predicted octanol–water partition coefficient (Wildman–Crippen LogP) is 2.17. The molecule has 2 amide bonds.